The number of hydrogen-bond acceptors (Lipinski definition) is 3. The summed E-state index contributed by atoms with van der Waals surface area (Å²) in [5, 5.41) is 6.93. The van der Waals surface area contributed by atoms with E-state index in [-0.39, 0.29) is 24.0 Å². The lowest BCUT2D eigenvalue weighted by Crippen LogP contribution is -2.41. The Labute approximate surface area is 187 Å². The topological polar surface area (TPSA) is 54.9 Å². The fourth-order valence-corrected chi connectivity index (χ4v) is 3.66. The monoisotopic (exact) mass is 501 g/mol. The summed E-state index contributed by atoms with van der Waals surface area (Å²) in [4.78, 5) is 4.36. The molecule has 28 heavy (non-hydrogen) atoms. The number of rotatable bonds is 10. The molecule has 0 bridgehead atoms. The van der Waals surface area contributed by atoms with E-state index < -0.39 is 0 Å². The van der Waals surface area contributed by atoms with Gasteiger partial charge in [-0.05, 0) is 55.4 Å². The molecule has 0 atom stereocenters. The second kappa shape index (κ2) is 12.6. The Hall–Kier alpha value is -0.860. The standard InChI is InChI=1S/C22H35N3O2.HI/c1-23-21(24-12-5-13-27-17-20-8-14-26-15-9-20)25-18-22(10-11-22)16-19-6-3-2-4-7-19;/h2-4,6-7,20H,5,8-18H2,1H3,(H2,23,24,25);1H. The van der Waals surface area contributed by atoms with Crippen LogP contribution in [0.1, 0.15) is 37.7 Å². The van der Waals surface area contributed by atoms with E-state index in [1.54, 1.807) is 0 Å². The van der Waals surface area contributed by atoms with Gasteiger partial charge < -0.3 is 20.1 Å². The molecule has 1 saturated heterocycles. The van der Waals surface area contributed by atoms with Crippen LogP contribution in [-0.2, 0) is 15.9 Å². The Balaban J connectivity index is 0.00000280. The summed E-state index contributed by atoms with van der Waals surface area (Å²) in [5.41, 5.74) is 1.84. The number of hydrogen-bond donors (Lipinski definition) is 2. The first kappa shape index (κ1) is 23.4. The predicted molar refractivity (Wildman–Crippen MR) is 126 cm³/mol. The molecule has 5 nitrogen and oxygen atoms in total. The van der Waals surface area contributed by atoms with Gasteiger partial charge in [0.05, 0.1) is 0 Å². The number of nitrogens with one attached hydrogen (secondary N) is 2. The van der Waals surface area contributed by atoms with Crippen LogP contribution in [0.4, 0.5) is 0 Å². The molecular formula is C22H36IN3O2. The Bertz CT molecular complexity index is 572. The minimum absolute atomic E-state index is 0. The van der Waals surface area contributed by atoms with Crippen LogP contribution in [0.3, 0.4) is 0 Å². The van der Waals surface area contributed by atoms with Gasteiger partial charge in [0.25, 0.3) is 0 Å². The fourth-order valence-electron chi connectivity index (χ4n) is 3.66. The molecule has 0 unspecified atom stereocenters. The van der Waals surface area contributed by atoms with Crippen molar-refractivity contribution in [1.82, 2.24) is 10.6 Å². The molecule has 0 spiro atoms. The molecule has 1 saturated carbocycles. The van der Waals surface area contributed by atoms with Crippen LogP contribution < -0.4 is 10.6 Å². The van der Waals surface area contributed by atoms with E-state index >= 15 is 0 Å². The van der Waals surface area contributed by atoms with E-state index in [4.69, 9.17) is 9.47 Å². The molecule has 2 fully saturated rings. The van der Waals surface area contributed by atoms with Crippen LogP contribution in [0, 0.1) is 11.3 Å². The van der Waals surface area contributed by atoms with E-state index in [0.29, 0.717) is 11.3 Å². The number of nitrogens with zero attached hydrogens (tertiary/aromatic N) is 1. The molecule has 0 amide bonds. The zero-order valence-electron chi connectivity index (χ0n) is 17.1. The molecule has 0 aromatic heterocycles. The molecule has 3 rings (SSSR count). The average molecular weight is 501 g/mol. The molecule has 1 aromatic carbocycles. The first-order valence-corrected chi connectivity index (χ1v) is 10.4. The number of ether oxygens (including phenoxy) is 2. The highest BCUT2D eigenvalue weighted by atomic mass is 127. The highest BCUT2D eigenvalue weighted by Gasteiger charge is 2.42. The quantitative estimate of drug-likeness (QED) is 0.223. The van der Waals surface area contributed by atoms with Gasteiger partial charge in [-0.1, -0.05) is 30.3 Å². The first-order valence-electron chi connectivity index (χ1n) is 10.4. The van der Waals surface area contributed by atoms with Crippen LogP contribution in [0.15, 0.2) is 35.3 Å². The maximum atomic E-state index is 5.82. The highest BCUT2D eigenvalue weighted by Crippen LogP contribution is 2.47. The molecule has 1 aliphatic carbocycles. The Morgan fingerprint density at radius 1 is 1.18 bits per heavy atom. The first-order chi connectivity index (χ1) is 13.3. The highest BCUT2D eigenvalue weighted by molar-refractivity contribution is 14.0. The van der Waals surface area contributed by atoms with Crippen molar-refractivity contribution in [3.05, 3.63) is 35.9 Å². The largest absolute Gasteiger partial charge is 0.381 e. The van der Waals surface area contributed by atoms with Gasteiger partial charge in [0.1, 0.15) is 0 Å². The number of halogens is 1. The SMILES string of the molecule is CN=C(NCCCOCC1CCOCC1)NCC1(Cc2ccccc2)CC1.I. The third kappa shape index (κ3) is 8.25. The van der Waals surface area contributed by atoms with Gasteiger partial charge in [0, 0.05) is 46.6 Å². The summed E-state index contributed by atoms with van der Waals surface area (Å²) in [5.74, 6) is 1.58. The van der Waals surface area contributed by atoms with E-state index in [1.807, 2.05) is 7.05 Å². The normalized spacial score (nSPS) is 19.0. The van der Waals surface area contributed by atoms with Gasteiger partial charge in [-0.2, -0.15) is 0 Å². The summed E-state index contributed by atoms with van der Waals surface area (Å²) >= 11 is 0. The Kier molecular flexibility index (Phi) is 10.6. The molecule has 6 heteroatoms. The van der Waals surface area contributed by atoms with Gasteiger partial charge in [0.15, 0.2) is 5.96 Å². The maximum Gasteiger partial charge on any atom is 0.190 e. The Morgan fingerprint density at radius 3 is 2.61 bits per heavy atom. The molecule has 2 aliphatic rings. The molecule has 1 heterocycles. The third-order valence-corrected chi connectivity index (χ3v) is 5.69. The zero-order chi connectivity index (χ0) is 18.8. The number of aliphatic imine (C=N–C) groups is 1. The number of guanidine groups is 1. The van der Waals surface area contributed by atoms with Crippen molar-refractivity contribution in [2.75, 3.05) is 46.6 Å². The van der Waals surface area contributed by atoms with Crippen molar-refractivity contribution in [3.8, 4) is 0 Å². The van der Waals surface area contributed by atoms with Crippen LogP contribution in [0.25, 0.3) is 0 Å². The van der Waals surface area contributed by atoms with E-state index in [1.165, 1.54) is 18.4 Å². The van der Waals surface area contributed by atoms with E-state index in [2.05, 4.69) is 46.0 Å². The lowest BCUT2D eigenvalue weighted by molar-refractivity contribution is 0.0203. The van der Waals surface area contributed by atoms with Gasteiger partial charge in [0.2, 0.25) is 0 Å². The smallest absolute Gasteiger partial charge is 0.190 e. The molecule has 2 N–H and O–H groups in total. The van der Waals surface area contributed by atoms with Crippen molar-refractivity contribution in [2.24, 2.45) is 16.3 Å². The van der Waals surface area contributed by atoms with Crippen molar-refractivity contribution in [3.63, 3.8) is 0 Å². The van der Waals surface area contributed by atoms with E-state index in [0.717, 1.165) is 71.2 Å². The molecule has 1 aliphatic heterocycles. The van der Waals surface area contributed by atoms with Crippen LogP contribution in [0.5, 0.6) is 0 Å². The van der Waals surface area contributed by atoms with E-state index in [9.17, 15) is 0 Å². The maximum absolute atomic E-state index is 5.82. The third-order valence-electron chi connectivity index (χ3n) is 5.69. The van der Waals surface area contributed by atoms with Crippen molar-refractivity contribution in [1.29, 1.82) is 0 Å². The summed E-state index contributed by atoms with van der Waals surface area (Å²) in [6.07, 6.45) is 7.02. The lowest BCUT2D eigenvalue weighted by Gasteiger charge is -2.21. The fraction of sp³-hybridized carbons (Fsp3) is 0.682. The minimum atomic E-state index is 0. The summed E-state index contributed by atoms with van der Waals surface area (Å²) in [7, 11) is 1.84. The minimum Gasteiger partial charge on any atom is -0.381 e. The van der Waals surface area contributed by atoms with Crippen LogP contribution in [0.2, 0.25) is 0 Å². The Morgan fingerprint density at radius 2 is 1.93 bits per heavy atom. The van der Waals surface area contributed by atoms with Gasteiger partial charge in [-0.25, -0.2) is 0 Å². The molecular weight excluding hydrogens is 465 g/mol. The van der Waals surface area contributed by atoms with Crippen LogP contribution in [-0.4, -0.2) is 52.5 Å². The number of benzene rings is 1. The average Bonchev–Trinajstić information content (AvgIpc) is 3.48. The van der Waals surface area contributed by atoms with Crippen molar-refractivity contribution >= 4 is 29.9 Å². The van der Waals surface area contributed by atoms with Crippen molar-refractivity contribution < 1.29 is 9.47 Å². The van der Waals surface area contributed by atoms with Gasteiger partial charge in [-0.15, -0.1) is 24.0 Å². The molecule has 158 valence electrons. The molecule has 0 radical (unpaired) electrons. The van der Waals surface area contributed by atoms with Gasteiger partial charge in [-0.3, -0.25) is 4.99 Å². The van der Waals surface area contributed by atoms with Crippen LogP contribution >= 0.6 is 24.0 Å². The lowest BCUT2D eigenvalue weighted by atomic mass is 9.96. The predicted octanol–water partition coefficient (Wildman–Crippen LogP) is 3.63. The second-order valence-corrected chi connectivity index (χ2v) is 8.00. The summed E-state index contributed by atoms with van der Waals surface area (Å²) < 4.78 is 11.2. The molecule has 1 aromatic rings. The van der Waals surface area contributed by atoms with Gasteiger partial charge >= 0.3 is 0 Å². The van der Waals surface area contributed by atoms with Crippen molar-refractivity contribution in [2.45, 2.75) is 38.5 Å². The summed E-state index contributed by atoms with van der Waals surface area (Å²) in [6, 6.07) is 10.8. The summed E-state index contributed by atoms with van der Waals surface area (Å²) in [6.45, 7) is 5.34. The second-order valence-electron chi connectivity index (χ2n) is 8.00. The zero-order valence-corrected chi connectivity index (χ0v) is 19.5.